The van der Waals surface area contributed by atoms with Gasteiger partial charge in [-0.05, 0) is 19.3 Å². The van der Waals surface area contributed by atoms with E-state index in [4.69, 9.17) is 4.74 Å². The summed E-state index contributed by atoms with van der Waals surface area (Å²) in [5.41, 5.74) is 0. The lowest BCUT2D eigenvalue weighted by molar-refractivity contribution is -0.149. The number of nitrogens with zero attached hydrogens (tertiary/aromatic N) is 1. The molecule has 2 saturated heterocycles. The van der Waals surface area contributed by atoms with Crippen molar-refractivity contribution in [3.8, 4) is 0 Å². The van der Waals surface area contributed by atoms with Gasteiger partial charge in [0.2, 0.25) is 11.8 Å². The van der Waals surface area contributed by atoms with Crippen LogP contribution in [-0.2, 0) is 19.1 Å². The number of carbonyl (C=O) groups excluding carboxylic acids is 3. The molecule has 0 spiro atoms. The summed E-state index contributed by atoms with van der Waals surface area (Å²) in [6.07, 6.45) is 2.61. The van der Waals surface area contributed by atoms with Gasteiger partial charge in [-0.25, -0.2) is 0 Å². The van der Waals surface area contributed by atoms with Crippen LogP contribution in [0.2, 0.25) is 0 Å². The zero-order chi connectivity index (χ0) is 13.8. The van der Waals surface area contributed by atoms with E-state index in [1.807, 2.05) is 0 Å². The number of rotatable bonds is 2. The lowest BCUT2D eigenvalue weighted by Gasteiger charge is -2.34. The molecular formula is C13H20N2O4. The van der Waals surface area contributed by atoms with Crippen LogP contribution in [0.1, 0.15) is 25.7 Å². The first kappa shape index (κ1) is 13.8. The molecule has 2 aliphatic rings. The van der Waals surface area contributed by atoms with E-state index in [9.17, 15) is 14.4 Å². The summed E-state index contributed by atoms with van der Waals surface area (Å²) >= 11 is 0. The molecule has 0 aromatic heterocycles. The summed E-state index contributed by atoms with van der Waals surface area (Å²) in [5.74, 6) is -0.534. The van der Waals surface area contributed by atoms with Crippen LogP contribution in [0.4, 0.5) is 0 Å². The van der Waals surface area contributed by atoms with E-state index < -0.39 is 0 Å². The third kappa shape index (κ3) is 3.24. The van der Waals surface area contributed by atoms with Gasteiger partial charge < -0.3 is 15.0 Å². The number of hydrogen-bond acceptors (Lipinski definition) is 4. The molecule has 19 heavy (non-hydrogen) atoms. The van der Waals surface area contributed by atoms with Crippen molar-refractivity contribution in [2.24, 2.45) is 11.8 Å². The van der Waals surface area contributed by atoms with Gasteiger partial charge in [0.25, 0.3) is 0 Å². The summed E-state index contributed by atoms with van der Waals surface area (Å²) in [4.78, 5) is 36.7. The molecular weight excluding hydrogens is 248 g/mol. The number of amides is 2. The van der Waals surface area contributed by atoms with Gasteiger partial charge in [0.05, 0.1) is 18.9 Å². The number of methoxy groups -OCH3 is 1. The minimum atomic E-state index is -0.241. The Morgan fingerprint density at radius 3 is 2.74 bits per heavy atom. The van der Waals surface area contributed by atoms with Crippen molar-refractivity contribution >= 4 is 17.8 Å². The molecule has 0 bridgehead atoms. The largest absolute Gasteiger partial charge is 0.469 e. The summed E-state index contributed by atoms with van der Waals surface area (Å²) in [5, 5.41) is 2.72. The molecule has 2 heterocycles. The van der Waals surface area contributed by atoms with Crippen molar-refractivity contribution in [3.05, 3.63) is 0 Å². The molecule has 2 rings (SSSR count). The van der Waals surface area contributed by atoms with Crippen molar-refractivity contribution in [2.45, 2.75) is 25.7 Å². The van der Waals surface area contributed by atoms with E-state index in [0.717, 1.165) is 12.8 Å². The fraction of sp³-hybridized carbons (Fsp3) is 0.769. The first-order valence-corrected chi connectivity index (χ1v) is 6.75. The number of nitrogens with one attached hydrogen (secondary N) is 1. The molecule has 0 saturated carbocycles. The van der Waals surface area contributed by atoms with E-state index in [-0.39, 0.29) is 29.6 Å². The number of ether oxygens (including phenoxy) is 1. The highest BCUT2D eigenvalue weighted by Crippen LogP contribution is 2.21. The zero-order valence-corrected chi connectivity index (χ0v) is 11.2. The quantitative estimate of drug-likeness (QED) is 0.711. The number of esters is 1. The molecule has 1 unspecified atom stereocenters. The van der Waals surface area contributed by atoms with Crippen molar-refractivity contribution in [2.75, 3.05) is 26.7 Å². The Kier molecular flexibility index (Phi) is 4.39. The van der Waals surface area contributed by atoms with E-state index in [0.29, 0.717) is 32.5 Å². The molecule has 106 valence electrons. The van der Waals surface area contributed by atoms with E-state index in [2.05, 4.69) is 5.32 Å². The highest BCUT2D eigenvalue weighted by atomic mass is 16.5. The molecule has 6 nitrogen and oxygen atoms in total. The summed E-state index contributed by atoms with van der Waals surface area (Å²) in [6.45, 7) is 1.55. The average Bonchev–Trinajstić information content (AvgIpc) is 2.46. The van der Waals surface area contributed by atoms with Crippen molar-refractivity contribution in [3.63, 3.8) is 0 Å². The Bertz CT molecular complexity index is 373. The SMILES string of the molecule is COC(=O)[C@H]1CCCN(C(=O)C2CCC(=O)NC2)C1. The van der Waals surface area contributed by atoms with Crippen LogP contribution in [0.5, 0.6) is 0 Å². The smallest absolute Gasteiger partial charge is 0.310 e. The number of piperidine rings is 2. The maximum Gasteiger partial charge on any atom is 0.310 e. The van der Waals surface area contributed by atoms with E-state index in [1.54, 1.807) is 4.90 Å². The van der Waals surface area contributed by atoms with Gasteiger partial charge >= 0.3 is 5.97 Å². The molecule has 6 heteroatoms. The molecule has 2 aliphatic heterocycles. The van der Waals surface area contributed by atoms with Crippen molar-refractivity contribution < 1.29 is 19.1 Å². The maximum atomic E-state index is 12.3. The zero-order valence-electron chi connectivity index (χ0n) is 11.2. The van der Waals surface area contributed by atoms with Crippen LogP contribution >= 0.6 is 0 Å². The second kappa shape index (κ2) is 6.04. The predicted molar refractivity (Wildman–Crippen MR) is 67.1 cm³/mol. The second-order valence-corrected chi connectivity index (χ2v) is 5.19. The number of hydrogen-bond donors (Lipinski definition) is 1. The summed E-state index contributed by atoms with van der Waals surface area (Å²) in [6, 6.07) is 0. The van der Waals surface area contributed by atoms with Gasteiger partial charge in [-0.2, -0.15) is 0 Å². The highest BCUT2D eigenvalue weighted by Gasteiger charge is 2.33. The fourth-order valence-electron chi connectivity index (χ4n) is 2.74. The van der Waals surface area contributed by atoms with Crippen LogP contribution in [-0.4, -0.2) is 49.4 Å². The molecule has 2 amide bonds. The van der Waals surface area contributed by atoms with Gasteiger partial charge in [0.15, 0.2) is 0 Å². The Morgan fingerprint density at radius 2 is 2.11 bits per heavy atom. The number of likely N-dealkylation sites (tertiary alicyclic amines) is 1. The van der Waals surface area contributed by atoms with Gasteiger partial charge in [0, 0.05) is 26.1 Å². The molecule has 0 aliphatic carbocycles. The monoisotopic (exact) mass is 268 g/mol. The highest BCUT2D eigenvalue weighted by molar-refractivity contribution is 5.84. The van der Waals surface area contributed by atoms with Gasteiger partial charge in [-0.3, -0.25) is 14.4 Å². The minimum Gasteiger partial charge on any atom is -0.469 e. The Labute approximate surface area is 112 Å². The topological polar surface area (TPSA) is 75.7 Å². The summed E-state index contributed by atoms with van der Waals surface area (Å²) in [7, 11) is 1.37. The second-order valence-electron chi connectivity index (χ2n) is 5.19. The molecule has 2 atom stereocenters. The van der Waals surface area contributed by atoms with Crippen LogP contribution in [0.15, 0.2) is 0 Å². The number of carbonyl (C=O) groups is 3. The Balaban J connectivity index is 1.91. The lowest BCUT2D eigenvalue weighted by Crippen LogP contribution is -2.49. The fourth-order valence-corrected chi connectivity index (χ4v) is 2.74. The standard InChI is InChI=1S/C13H20N2O4/c1-19-13(18)10-3-2-6-15(8-10)12(17)9-4-5-11(16)14-7-9/h9-10H,2-8H2,1H3,(H,14,16)/t9?,10-/m0/s1. The maximum absolute atomic E-state index is 12.3. The first-order valence-electron chi connectivity index (χ1n) is 6.75. The average molecular weight is 268 g/mol. The Hall–Kier alpha value is -1.59. The van der Waals surface area contributed by atoms with Crippen LogP contribution < -0.4 is 5.32 Å². The summed E-state index contributed by atoms with van der Waals surface area (Å²) < 4.78 is 4.74. The predicted octanol–water partition coefficient (Wildman–Crippen LogP) is -0.0758. The van der Waals surface area contributed by atoms with Crippen LogP contribution in [0, 0.1) is 11.8 Å². The molecule has 0 radical (unpaired) electrons. The third-order valence-corrected chi connectivity index (χ3v) is 3.88. The molecule has 0 aromatic rings. The lowest BCUT2D eigenvalue weighted by atomic mass is 9.93. The molecule has 1 N–H and O–H groups in total. The van der Waals surface area contributed by atoms with Gasteiger partial charge in [-0.1, -0.05) is 0 Å². The Morgan fingerprint density at radius 1 is 1.32 bits per heavy atom. The van der Waals surface area contributed by atoms with Crippen molar-refractivity contribution in [1.82, 2.24) is 10.2 Å². The normalized spacial score (nSPS) is 27.6. The molecule has 0 aromatic carbocycles. The first-order chi connectivity index (χ1) is 9.11. The van der Waals surface area contributed by atoms with Crippen molar-refractivity contribution in [1.29, 1.82) is 0 Å². The third-order valence-electron chi connectivity index (χ3n) is 3.88. The van der Waals surface area contributed by atoms with Crippen LogP contribution in [0.3, 0.4) is 0 Å². The van der Waals surface area contributed by atoms with Gasteiger partial charge in [-0.15, -0.1) is 0 Å². The van der Waals surface area contributed by atoms with Gasteiger partial charge in [0.1, 0.15) is 0 Å². The van der Waals surface area contributed by atoms with E-state index >= 15 is 0 Å². The molecule has 2 fully saturated rings. The van der Waals surface area contributed by atoms with E-state index in [1.165, 1.54) is 7.11 Å². The van der Waals surface area contributed by atoms with Crippen LogP contribution in [0.25, 0.3) is 0 Å². The minimum absolute atomic E-state index is 0.00938.